The molecule has 1 amide bonds. The summed E-state index contributed by atoms with van der Waals surface area (Å²) in [5.41, 5.74) is 0. The molecule has 0 saturated carbocycles. The van der Waals surface area contributed by atoms with Gasteiger partial charge in [-0.2, -0.15) is 0 Å². The van der Waals surface area contributed by atoms with E-state index in [2.05, 4.69) is 35.7 Å². The van der Waals surface area contributed by atoms with E-state index in [-0.39, 0.29) is 24.1 Å². The van der Waals surface area contributed by atoms with Crippen LogP contribution in [-0.2, 0) is 14.3 Å². The second-order valence-electron chi connectivity index (χ2n) is 8.34. The zero-order valence-electron chi connectivity index (χ0n) is 14.0. The molecule has 3 rings (SSSR count). The first kappa shape index (κ1) is 15.7. The quantitative estimate of drug-likeness (QED) is 0.619. The summed E-state index contributed by atoms with van der Waals surface area (Å²) in [6.45, 7) is 14.1. The Morgan fingerprint density at radius 1 is 1.19 bits per heavy atom. The summed E-state index contributed by atoms with van der Waals surface area (Å²) in [6.07, 6.45) is -0.0158. The second kappa shape index (κ2) is 4.64. The lowest BCUT2D eigenvalue weighted by Crippen LogP contribution is -2.78. The molecule has 0 aromatic carbocycles. The highest BCUT2D eigenvalue weighted by Gasteiger charge is 2.60. The molecule has 0 unspecified atom stereocenters. The molecule has 0 aromatic rings. The normalized spacial score (nSPS) is 40.9. The van der Waals surface area contributed by atoms with Crippen LogP contribution >= 0.6 is 0 Å². The van der Waals surface area contributed by atoms with Gasteiger partial charge in [-0.05, 0) is 25.9 Å². The van der Waals surface area contributed by atoms with Crippen molar-refractivity contribution in [2.24, 2.45) is 0 Å². The van der Waals surface area contributed by atoms with Crippen molar-refractivity contribution in [1.29, 1.82) is 0 Å². The molecule has 3 atom stereocenters. The Labute approximate surface area is 129 Å². The fourth-order valence-electron chi connectivity index (χ4n) is 4.29. The molecule has 1 N–H and O–H groups in total. The first-order valence-electron chi connectivity index (χ1n) is 7.95. The van der Waals surface area contributed by atoms with Crippen LogP contribution in [0, 0.1) is 0 Å². The zero-order chi connectivity index (χ0) is 15.6. The third kappa shape index (κ3) is 2.52. The summed E-state index contributed by atoms with van der Waals surface area (Å²) < 4.78 is 14.4. The molecule has 5 nitrogen and oxygen atoms in total. The molecule has 0 aliphatic carbocycles. The van der Waals surface area contributed by atoms with Gasteiger partial charge < -0.3 is 19.0 Å². The maximum Gasteiger partial charge on any atom is 0.238 e. The van der Waals surface area contributed by atoms with E-state index in [1.807, 2.05) is 13.8 Å². The number of carbonyl (C=O) groups is 1. The van der Waals surface area contributed by atoms with Gasteiger partial charge in [0, 0.05) is 0 Å². The van der Waals surface area contributed by atoms with Crippen molar-refractivity contribution >= 4 is 22.4 Å². The predicted molar refractivity (Wildman–Crippen MR) is 87.0 cm³/mol. The average molecular weight is 329 g/mol. The lowest BCUT2D eigenvalue weighted by atomic mass is 9.95. The smallest absolute Gasteiger partial charge is 0.238 e. The Kier molecular flexibility index (Phi) is 3.46. The highest BCUT2D eigenvalue weighted by Crippen LogP contribution is 2.42. The number of nitrogens with one attached hydrogen (secondary N) is 1. The van der Waals surface area contributed by atoms with Crippen LogP contribution in [0.2, 0.25) is 38.3 Å². The van der Waals surface area contributed by atoms with Gasteiger partial charge in [0.25, 0.3) is 0 Å². The number of hydrogen-bond donors (Lipinski definition) is 1. The van der Waals surface area contributed by atoms with E-state index in [9.17, 15) is 4.79 Å². The molecular weight excluding hydrogens is 300 g/mol. The minimum atomic E-state index is -1.47. The minimum absolute atomic E-state index is 0.0123. The van der Waals surface area contributed by atoms with Gasteiger partial charge in [0.1, 0.15) is 28.6 Å². The number of rotatable bonds is 2. The Morgan fingerprint density at radius 2 is 1.76 bits per heavy atom. The molecule has 3 aliphatic rings. The Hall–Kier alpha value is -0.216. The number of ether oxygens (including phenoxy) is 2. The van der Waals surface area contributed by atoms with Crippen LogP contribution < -0.4 is 5.32 Å². The summed E-state index contributed by atoms with van der Waals surface area (Å²) in [7, 11) is -2.94. The molecule has 120 valence electrons. The third-order valence-corrected chi connectivity index (χ3v) is 15.5. The predicted octanol–water partition coefficient (Wildman–Crippen LogP) is 1.73. The van der Waals surface area contributed by atoms with Crippen LogP contribution in [0.25, 0.3) is 0 Å². The molecule has 3 heterocycles. The van der Waals surface area contributed by atoms with Gasteiger partial charge in [0.05, 0.1) is 12.6 Å². The molecule has 0 aromatic heterocycles. The average Bonchev–Trinajstić information content (AvgIpc) is 2.78. The van der Waals surface area contributed by atoms with E-state index in [1.165, 1.54) is 12.1 Å². The monoisotopic (exact) mass is 328 g/mol. The molecule has 3 aliphatic heterocycles. The molecule has 3 saturated heterocycles. The number of β-lactam (4-membered cyclic amide) rings is 1. The first-order valence-corrected chi connectivity index (χ1v) is 14.3. The lowest BCUT2D eigenvalue weighted by Gasteiger charge is -2.53. The summed E-state index contributed by atoms with van der Waals surface area (Å²) in [5.74, 6) is -0.336. The van der Waals surface area contributed by atoms with Crippen LogP contribution in [-0.4, -0.2) is 57.2 Å². The van der Waals surface area contributed by atoms with Crippen LogP contribution in [0.5, 0.6) is 0 Å². The van der Waals surface area contributed by atoms with Crippen molar-refractivity contribution in [3.63, 3.8) is 0 Å². The molecule has 0 radical (unpaired) electrons. The Bertz CT molecular complexity index is 451. The SMILES string of the molecule is CC1(C)OC[C@H]([C@H]2NC(=O)[C@H]2N2[Si](C)(C)CC[Si]2(C)C)O1. The summed E-state index contributed by atoms with van der Waals surface area (Å²) in [5, 5.41) is 3.08. The number of amides is 1. The van der Waals surface area contributed by atoms with E-state index in [0.29, 0.717) is 6.61 Å². The van der Waals surface area contributed by atoms with Crippen LogP contribution in [0.15, 0.2) is 0 Å². The van der Waals surface area contributed by atoms with Gasteiger partial charge in [-0.3, -0.25) is 4.79 Å². The van der Waals surface area contributed by atoms with Gasteiger partial charge in [-0.1, -0.05) is 26.2 Å². The first-order chi connectivity index (χ1) is 9.54. The van der Waals surface area contributed by atoms with Crippen molar-refractivity contribution in [1.82, 2.24) is 9.55 Å². The van der Waals surface area contributed by atoms with E-state index in [0.717, 1.165) is 0 Å². The van der Waals surface area contributed by atoms with E-state index in [1.54, 1.807) is 0 Å². The highest BCUT2D eigenvalue weighted by molar-refractivity contribution is 6.95. The van der Waals surface area contributed by atoms with E-state index < -0.39 is 22.3 Å². The van der Waals surface area contributed by atoms with Gasteiger partial charge >= 0.3 is 0 Å². The standard InChI is InChI=1S/C14H28N2O3Si2/c1-14(2)18-9-10(19-14)11-12(13(17)15-11)16-20(3,4)7-8-21(16,5)6/h10-12H,7-9H2,1-6H3,(H,15,17)/t10-,11-,12+/m1/s1. The topological polar surface area (TPSA) is 50.8 Å². The number of carbonyl (C=O) groups excluding carboxylic acids is 1. The van der Waals surface area contributed by atoms with Crippen molar-refractivity contribution in [3.05, 3.63) is 0 Å². The number of nitrogens with zero attached hydrogens (tertiary/aromatic N) is 1. The fraction of sp³-hybridized carbons (Fsp3) is 0.929. The van der Waals surface area contributed by atoms with Gasteiger partial charge in [0.2, 0.25) is 5.91 Å². The highest BCUT2D eigenvalue weighted by atomic mass is 28.4. The largest absolute Gasteiger partial charge is 0.348 e. The minimum Gasteiger partial charge on any atom is -0.348 e. The van der Waals surface area contributed by atoms with Gasteiger partial charge in [0.15, 0.2) is 5.79 Å². The molecular formula is C14H28N2O3Si2. The van der Waals surface area contributed by atoms with Crippen molar-refractivity contribution in [2.75, 3.05) is 6.61 Å². The zero-order valence-corrected chi connectivity index (χ0v) is 16.0. The maximum atomic E-state index is 12.3. The van der Waals surface area contributed by atoms with Crippen molar-refractivity contribution < 1.29 is 14.3 Å². The Morgan fingerprint density at radius 3 is 2.19 bits per heavy atom. The summed E-state index contributed by atoms with van der Waals surface area (Å²) in [6, 6.07) is 2.74. The molecule has 0 bridgehead atoms. The summed E-state index contributed by atoms with van der Waals surface area (Å²) in [4.78, 5) is 12.3. The summed E-state index contributed by atoms with van der Waals surface area (Å²) >= 11 is 0. The lowest BCUT2D eigenvalue weighted by molar-refractivity contribution is -0.155. The van der Waals surface area contributed by atoms with Gasteiger partial charge in [-0.15, -0.1) is 0 Å². The molecule has 21 heavy (non-hydrogen) atoms. The van der Waals surface area contributed by atoms with Crippen molar-refractivity contribution in [3.8, 4) is 0 Å². The Balaban J connectivity index is 1.82. The van der Waals surface area contributed by atoms with E-state index in [4.69, 9.17) is 9.47 Å². The van der Waals surface area contributed by atoms with Crippen molar-refractivity contribution in [2.45, 2.75) is 76.1 Å². The fourth-order valence-corrected chi connectivity index (χ4v) is 19.0. The van der Waals surface area contributed by atoms with E-state index >= 15 is 0 Å². The molecule has 0 spiro atoms. The van der Waals surface area contributed by atoms with Crippen LogP contribution in [0.4, 0.5) is 0 Å². The second-order valence-corrected chi connectivity index (χ2v) is 18.0. The maximum absolute atomic E-state index is 12.3. The third-order valence-electron chi connectivity index (χ3n) is 5.28. The number of hydrogen-bond acceptors (Lipinski definition) is 4. The molecule has 7 heteroatoms. The van der Waals surface area contributed by atoms with Crippen LogP contribution in [0.1, 0.15) is 13.8 Å². The molecule has 3 fully saturated rings. The van der Waals surface area contributed by atoms with Crippen LogP contribution in [0.3, 0.4) is 0 Å². The van der Waals surface area contributed by atoms with Gasteiger partial charge in [-0.25, -0.2) is 0 Å².